The fraction of sp³-hybridized carbons (Fsp3) is 0.412. The van der Waals surface area contributed by atoms with Crippen LogP contribution < -0.4 is 10.1 Å². The average molecular weight is 571 g/mol. The number of rotatable bonds is 8. The number of halogens is 1. The lowest BCUT2D eigenvalue weighted by atomic mass is 9.80. The van der Waals surface area contributed by atoms with Crippen LogP contribution in [0.25, 0.3) is 22.2 Å². The molecular weight excluding hydrogens is 531 g/mol. The third kappa shape index (κ3) is 5.73. The normalized spacial score (nSPS) is 20.3. The van der Waals surface area contributed by atoms with Crippen molar-refractivity contribution in [2.45, 2.75) is 69.8 Å². The van der Waals surface area contributed by atoms with Crippen molar-refractivity contribution >= 4 is 22.6 Å². The van der Waals surface area contributed by atoms with Gasteiger partial charge in [-0.1, -0.05) is 25.0 Å². The van der Waals surface area contributed by atoms with Gasteiger partial charge < -0.3 is 24.6 Å². The van der Waals surface area contributed by atoms with Crippen LogP contribution in [0.15, 0.2) is 60.8 Å². The summed E-state index contributed by atoms with van der Waals surface area (Å²) in [7, 11) is 4.16. The monoisotopic (exact) mass is 570 g/mol. The summed E-state index contributed by atoms with van der Waals surface area (Å²) in [4.78, 5) is 18.6. The van der Waals surface area contributed by atoms with Crippen LogP contribution in [0.1, 0.15) is 66.1 Å². The highest BCUT2D eigenvalue weighted by Crippen LogP contribution is 2.48. The van der Waals surface area contributed by atoms with E-state index in [-0.39, 0.29) is 17.5 Å². The molecule has 4 aromatic rings. The van der Waals surface area contributed by atoms with Crippen LogP contribution in [0, 0.1) is 0 Å². The summed E-state index contributed by atoms with van der Waals surface area (Å²) < 4.78 is 24.1. The smallest absolute Gasteiger partial charge is 0.335 e. The van der Waals surface area contributed by atoms with Crippen LogP contribution in [-0.4, -0.2) is 58.4 Å². The summed E-state index contributed by atoms with van der Waals surface area (Å²) >= 11 is 0. The molecule has 0 spiro atoms. The first-order valence-corrected chi connectivity index (χ1v) is 15.0. The number of nitrogens with zero attached hydrogens (tertiary/aromatic N) is 3. The number of aryl methyl sites for hydroxylation is 1. The molecular formula is C34H39FN4O3. The Morgan fingerprint density at radius 1 is 1.12 bits per heavy atom. The molecule has 42 heavy (non-hydrogen) atoms. The first-order chi connectivity index (χ1) is 20.4. The van der Waals surface area contributed by atoms with Crippen LogP contribution in [-0.2, 0) is 13.2 Å². The number of carbonyl (C=O) groups is 1. The Hall–Kier alpha value is -3.91. The zero-order valence-corrected chi connectivity index (χ0v) is 24.4. The lowest BCUT2D eigenvalue weighted by Gasteiger charge is -2.30. The Balaban J connectivity index is 1.50. The number of hydrogen-bond acceptors (Lipinski definition) is 5. The Labute approximate surface area is 246 Å². The van der Waals surface area contributed by atoms with E-state index in [4.69, 9.17) is 4.74 Å². The van der Waals surface area contributed by atoms with Gasteiger partial charge >= 0.3 is 5.97 Å². The van der Waals surface area contributed by atoms with Gasteiger partial charge in [-0.05, 0) is 88.3 Å². The maximum absolute atomic E-state index is 15.7. The maximum Gasteiger partial charge on any atom is 0.335 e. The number of hydrogen-bond donors (Lipinski definition) is 2. The van der Waals surface area contributed by atoms with Crippen molar-refractivity contribution < 1.29 is 19.0 Å². The molecule has 2 unspecified atom stereocenters. The molecule has 0 bridgehead atoms. The predicted molar refractivity (Wildman–Crippen MR) is 164 cm³/mol. The van der Waals surface area contributed by atoms with E-state index in [2.05, 4.69) is 46.0 Å². The standard InChI is InChI=1S/C34H39FN4O3/c1-38(2)17-14-23-15-18-39-31-19-22(34(40)41)10-12-28(31)32(26-8-3-4-9-29(26)35)33(39)27-13-11-25(20-30(27)37-23)42-21-24-7-5-6-16-36-24/h5-7,10-13,16,19-20,23,26,29,37H,3-4,8-9,14-15,17-18,21H2,1-2H3,(H,40,41)/t23?,26?,29-/m0/s1. The van der Waals surface area contributed by atoms with Gasteiger partial charge in [0.2, 0.25) is 0 Å². The van der Waals surface area contributed by atoms with Crippen LogP contribution in [0.2, 0.25) is 0 Å². The first-order valence-electron chi connectivity index (χ1n) is 15.0. The highest BCUT2D eigenvalue weighted by atomic mass is 19.1. The van der Waals surface area contributed by atoms with Gasteiger partial charge in [-0.25, -0.2) is 9.18 Å². The number of aromatic nitrogens is 2. The van der Waals surface area contributed by atoms with Crippen molar-refractivity contribution in [2.24, 2.45) is 0 Å². The molecule has 2 aromatic heterocycles. The molecule has 1 aliphatic carbocycles. The van der Waals surface area contributed by atoms with E-state index in [9.17, 15) is 9.90 Å². The molecule has 3 atom stereocenters. The molecule has 1 saturated carbocycles. The molecule has 2 N–H and O–H groups in total. The van der Waals surface area contributed by atoms with E-state index >= 15 is 4.39 Å². The molecule has 0 saturated heterocycles. The highest BCUT2D eigenvalue weighted by molar-refractivity contribution is 5.99. The molecule has 1 aliphatic heterocycles. The van der Waals surface area contributed by atoms with Crippen molar-refractivity contribution in [3.05, 3.63) is 77.6 Å². The molecule has 3 heterocycles. The molecule has 7 nitrogen and oxygen atoms in total. The molecule has 0 radical (unpaired) electrons. The van der Waals surface area contributed by atoms with Crippen molar-refractivity contribution in [1.29, 1.82) is 0 Å². The quantitative estimate of drug-likeness (QED) is 0.235. The summed E-state index contributed by atoms with van der Waals surface area (Å²) in [5.74, 6) is -0.455. The van der Waals surface area contributed by atoms with E-state index in [1.54, 1.807) is 18.3 Å². The number of ether oxygens (including phenoxy) is 1. The minimum Gasteiger partial charge on any atom is -0.487 e. The molecule has 6 rings (SSSR count). The van der Waals surface area contributed by atoms with Gasteiger partial charge in [0.25, 0.3) is 0 Å². The Morgan fingerprint density at radius 3 is 2.74 bits per heavy atom. The number of pyridine rings is 1. The maximum atomic E-state index is 15.7. The molecule has 220 valence electrons. The summed E-state index contributed by atoms with van der Waals surface area (Å²) in [5.41, 5.74) is 5.91. The number of carboxylic acids is 1. The van der Waals surface area contributed by atoms with Gasteiger partial charge in [0.05, 0.1) is 17.0 Å². The minimum atomic E-state index is -0.957. The van der Waals surface area contributed by atoms with E-state index in [0.717, 1.165) is 83.5 Å². The lowest BCUT2D eigenvalue weighted by molar-refractivity contribution is 0.0697. The van der Waals surface area contributed by atoms with Gasteiger partial charge in [-0.3, -0.25) is 4.98 Å². The second-order valence-corrected chi connectivity index (χ2v) is 11.9. The fourth-order valence-electron chi connectivity index (χ4n) is 6.61. The largest absolute Gasteiger partial charge is 0.487 e. The number of anilines is 1. The molecule has 1 fully saturated rings. The van der Waals surface area contributed by atoms with Crippen LogP contribution in [0.4, 0.5) is 10.1 Å². The number of carboxylic acid groups (broad SMARTS) is 1. The Morgan fingerprint density at radius 2 is 1.98 bits per heavy atom. The van der Waals surface area contributed by atoms with Gasteiger partial charge in [-0.15, -0.1) is 0 Å². The second-order valence-electron chi connectivity index (χ2n) is 11.9. The minimum absolute atomic E-state index is 0.192. The van der Waals surface area contributed by atoms with Crippen molar-refractivity contribution in [3.8, 4) is 17.0 Å². The SMILES string of the molecule is CN(C)CCC1CCn2c(c(C3CCCC[C@@H]3F)c3ccc(C(=O)O)cc32)-c2ccc(OCc3ccccn3)cc2N1. The topological polar surface area (TPSA) is 79.6 Å². The highest BCUT2D eigenvalue weighted by Gasteiger charge is 2.34. The number of nitrogens with one attached hydrogen (secondary N) is 1. The number of benzene rings is 2. The van der Waals surface area contributed by atoms with Crippen LogP contribution >= 0.6 is 0 Å². The third-order valence-corrected chi connectivity index (χ3v) is 8.75. The fourth-order valence-corrected chi connectivity index (χ4v) is 6.61. The third-order valence-electron chi connectivity index (χ3n) is 8.75. The average Bonchev–Trinajstić information content (AvgIpc) is 3.29. The zero-order valence-electron chi connectivity index (χ0n) is 24.4. The van der Waals surface area contributed by atoms with Crippen LogP contribution in [0.5, 0.6) is 5.75 Å². The molecule has 2 aromatic carbocycles. The van der Waals surface area contributed by atoms with E-state index < -0.39 is 12.1 Å². The predicted octanol–water partition coefficient (Wildman–Crippen LogP) is 7.11. The summed E-state index contributed by atoms with van der Waals surface area (Å²) in [6.45, 7) is 2.00. The Bertz CT molecular complexity index is 1570. The Kier molecular flexibility index (Phi) is 8.16. The number of fused-ring (bicyclic) bond motifs is 5. The second kappa shape index (κ2) is 12.1. The first kappa shape index (κ1) is 28.2. The summed E-state index contributed by atoms with van der Waals surface area (Å²) in [5, 5.41) is 14.6. The van der Waals surface area contributed by atoms with Gasteiger partial charge in [0, 0.05) is 52.9 Å². The molecule has 0 amide bonds. The van der Waals surface area contributed by atoms with E-state index in [1.165, 1.54) is 0 Å². The molecule has 8 heteroatoms. The van der Waals surface area contributed by atoms with E-state index in [0.29, 0.717) is 19.6 Å². The van der Waals surface area contributed by atoms with Crippen LogP contribution in [0.3, 0.4) is 0 Å². The number of aromatic carboxylic acids is 1. The van der Waals surface area contributed by atoms with Crippen molar-refractivity contribution in [1.82, 2.24) is 14.5 Å². The molecule has 2 aliphatic rings. The van der Waals surface area contributed by atoms with Gasteiger partial charge in [-0.2, -0.15) is 0 Å². The van der Waals surface area contributed by atoms with Crippen molar-refractivity contribution in [2.75, 3.05) is 26.0 Å². The summed E-state index contributed by atoms with van der Waals surface area (Å²) in [6.07, 6.45) is 5.86. The van der Waals surface area contributed by atoms with Gasteiger partial charge in [0.1, 0.15) is 18.5 Å². The summed E-state index contributed by atoms with van der Waals surface area (Å²) in [6, 6.07) is 17.4. The zero-order chi connectivity index (χ0) is 29.2. The van der Waals surface area contributed by atoms with Crippen molar-refractivity contribution in [3.63, 3.8) is 0 Å². The van der Waals surface area contributed by atoms with E-state index in [1.807, 2.05) is 30.3 Å². The van der Waals surface area contributed by atoms with Gasteiger partial charge in [0.15, 0.2) is 0 Å². The lowest BCUT2D eigenvalue weighted by Crippen LogP contribution is -2.28. The number of alkyl halides is 1.